The fourth-order valence-electron chi connectivity index (χ4n) is 4.50. The number of rotatable bonds is 9. The van der Waals surface area contributed by atoms with E-state index in [1.165, 1.54) is 0 Å². The normalized spacial score (nSPS) is 15.4. The predicted molar refractivity (Wildman–Crippen MR) is 130 cm³/mol. The van der Waals surface area contributed by atoms with Gasteiger partial charge >= 0.3 is 0 Å². The Morgan fingerprint density at radius 2 is 2.06 bits per heavy atom. The second-order valence-corrected chi connectivity index (χ2v) is 9.14. The summed E-state index contributed by atoms with van der Waals surface area (Å²) in [5, 5.41) is 14.7. The number of nitrogens with zero attached hydrogens (tertiary/aromatic N) is 2. The van der Waals surface area contributed by atoms with Crippen molar-refractivity contribution in [1.29, 1.82) is 0 Å². The zero-order valence-electron chi connectivity index (χ0n) is 18.3. The van der Waals surface area contributed by atoms with Crippen LogP contribution < -0.4 is 16.4 Å². The minimum Gasteiger partial charge on any atom is -0.350 e. The number of nitrogens with two attached hydrogens (primary N) is 1. The lowest BCUT2D eigenvalue weighted by atomic mass is 9.99. The Hall–Kier alpha value is -2.55. The number of unbranched alkanes of at least 4 members (excludes halogenated alkanes) is 2. The van der Waals surface area contributed by atoms with Gasteiger partial charge in [-0.1, -0.05) is 35.7 Å². The fourth-order valence-corrected chi connectivity index (χ4v) is 4.91. The van der Waals surface area contributed by atoms with Crippen molar-refractivity contribution in [2.75, 3.05) is 13.1 Å². The van der Waals surface area contributed by atoms with Crippen molar-refractivity contribution in [3.8, 4) is 11.1 Å². The van der Waals surface area contributed by atoms with Gasteiger partial charge < -0.3 is 20.9 Å². The third kappa shape index (κ3) is 5.18. The van der Waals surface area contributed by atoms with E-state index in [1.807, 2.05) is 12.3 Å². The molecular weight excluding hydrogens is 463 g/mol. The number of hydrogen-bond donors (Lipinski definition) is 4. The lowest BCUT2D eigenvalue weighted by Gasteiger charge is -2.27. The van der Waals surface area contributed by atoms with Crippen LogP contribution in [0.2, 0.25) is 10.0 Å². The number of fused-ring (bicyclic) bond motifs is 3. The van der Waals surface area contributed by atoms with E-state index < -0.39 is 0 Å². The van der Waals surface area contributed by atoms with Crippen LogP contribution in [0.1, 0.15) is 37.8 Å². The molecule has 1 aliphatic heterocycles. The average Bonchev–Trinajstić information content (AvgIpc) is 3.43. The molecule has 0 radical (unpaired) electrons. The molecule has 1 aliphatic rings. The number of halogens is 2. The summed E-state index contributed by atoms with van der Waals surface area (Å²) in [6, 6.07) is 3.71. The van der Waals surface area contributed by atoms with Crippen molar-refractivity contribution in [2.24, 2.45) is 5.73 Å². The van der Waals surface area contributed by atoms with Crippen molar-refractivity contribution >= 4 is 45.9 Å². The monoisotopic (exact) mass is 490 g/mol. The molecule has 1 unspecified atom stereocenters. The van der Waals surface area contributed by atoms with Gasteiger partial charge in [-0.2, -0.15) is 5.10 Å². The molecule has 0 spiro atoms. The highest BCUT2D eigenvalue weighted by Crippen LogP contribution is 2.42. The van der Waals surface area contributed by atoms with Crippen molar-refractivity contribution in [2.45, 2.75) is 51.1 Å². The van der Waals surface area contributed by atoms with Crippen LogP contribution >= 0.6 is 23.2 Å². The number of hydrogen-bond acceptors (Lipinski definition) is 4. The van der Waals surface area contributed by atoms with Crippen LogP contribution in [0.3, 0.4) is 0 Å². The van der Waals surface area contributed by atoms with Crippen LogP contribution in [0.25, 0.3) is 22.0 Å². The molecule has 33 heavy (non-hydrogen) atoms. The smallest absolute Gasteiger partial charge is 0.239 e. The minimum atomic E-state index is -0.200. The molecule has 0 saturated heterocycles. The predicted octanol–water partition coefficient (Wildman–Crippen LogP) is 3.40. The number of H-pyrrole nitrogens is 1. The highest BCUT2D eigenvalue weighted by molar-refractivity contribution is 6.45. The third-order valence-electron chi connectivity index (χ3n) is 6.06. The summed E-state index contributed by atoms with van der Waals surface area (Å²) in [7, 11) is 0. The van der Waals surface area contributed by atoms with Gasteiger partial charge in [0.15, 0.2) is 0 Å². The Balaban J connectivity index is 1.45. The van der Waals surface area contributed by atoms with Gasteiger partial charge in [0.1, 0.15) is 0 Å². The fraction of sp³-hybridized carbons (Fsp3) is 0.435. The Morgan fingerprint density at radius 1 is 1.21 bits per heavy atom. The quantitative estimate of drug-likeness (QED) is 0.343. The van der Waals surface area contributed by atoms with Gasteiger partial charge in [0.05, 0.1) is 28.3 Å². The molecule has 3 aromatic rings. The second-order valence-electron chi connectivity index (χ2n) is 8.36. The first-order valence-electron chi connectivity index (χ1n) is 11.2. The summed E-state index contributed by atoms with van der Waals surface area (Å²) in [6.45, 7) is 1.17. The number of carbonyl (C=O) groups excluding carboxylic acids is 2. The molecule has 1 atom stereocenters. The average molecular weight is 491 g/mol. The summed E-state index contributed by atoms with van der Waals surface area (Å²) in [4.78, 5) is 24.4. The van der Waals surface area contributed by atoms with E-state index in [9.17, 15) is 9.59 Å². The molecule has 1 aromatic carbocycles. The molecule has 3 heterocycles. The maximum atomic E-state index is 12.5. The lowest BCUT2D eigenvalue weighted by Crippen LogP contribution is -2.45. The highest BCUT2D eigenvalue weighted by Gasteiger charge is 2.28. The first-order valence-corrected chi connectivity index (χ1v) is 12.0. The van der Waals surface area contributed by atoms with E-state index in [-0.39, 0.29) is 24.4 Å². The second kappa shape index (κ2) is 10.6. The maximum Gasteiger partial charge on any atom is 0.239 e. The zero-order chi connectivity index (χ0) is 23.4. The van der Waals surface area contributed by atoms with E-state index in [4.69, 9.17) is 28.9 Å². The topological polar surface area (TPSA) is 118 Å². The van der Waals surface area contributed by atoms with Crippen LogP contribution in [0.4, 0.5) is 0 Å². The molecule has 0 aliphatic carbocycles. The van der Waals surface area contributed by atoms with Crippen LogP contribution in [0, 0.1) is 0 Å². The van der Waals surface area contributed by atoms with E-state index in [0.29, 0.717) is 29.6 Å². The number of aromatic amines is 1. The van der Waals surface area contributed by atoms with Crippen LogP contribution in [0.5, 0.6) is 0 Å². The van der Waals surface area contributed by atoms with Crippen molar-refractivity contribution < 1.29 is 9.59 Å². The molecule has 10 heteroatoms. The molecule has 0 fully saturated rings. The molecule has 2 aromatic heterocycles. The Bertz CT molecular complexity index is 1140. The van der Waals surface area contributed by atoms with Gasteiger partial charge in [-0.05, 0) is 38.3 Å². The number of benzene rings is 1. The van der Waals surface area contributed by atoms with Gasteiger partial charge in [0.2, 0.25) is 11.8 Å². The standard InChI is InChI=1S/C23H28Cl2N6O2/c24-17-7-6-16-21(14-10-28-29-11-14)18-8-5-15(13-31(18)23(16)22(17)25)30-20(33)12-27-19(32)4-2-1-3-9-26/h6-7,10-11,15H,1-5,8-9,12-13,26H2,(H,27,32)(H,28,29)(H,30,33). The van der Waals surface area contributed by atoms with E-state index in [2.05, 4.69) is 25.4 Å². The van der Waals surface area contributed by atoms with Crippen LogP contribution in [-0.2, 0) is 22.6 Å². The summed E-state index contributed by atoms with van der Waals surface area (Å²) < 4.78 is 2.15. The summed E-state index contributed by atoms with van der Waals surface area (Å²) in [5.41, 5.74) is 9.54. The van der Waals surface area contributed by atoms with Crippen LogP contribution in [0.15, 0.2) is 24.5 Å². The maximum absolute atomic E-state index is 12.5. The van der Waals surface area contributed by atoms with Gasteiger partial charge in [0.25, 0.3) is 0 Å². The van der Waals surface area contributed by atoms with Crippen molar-refractivity contribution in [1.82, 2.24) is 25.4 Å². The minimum absolute atomic E-state index is 0.0294. The molecular formula is C23H28Cl2N6O2. The summed E-state index contributed by atoms with van der Waals surface area (Å²) in [5.74, 6) is -0.315. The van der Waals surface area contributed by atoms with Crippen molar-refractivity contribution in [3.63, 3.8) is 0 Å². The molecule has 2 amide bonds. The molecule has 8 nitrogen and oxygen atoms in total. The molecule has 176 valence electrons. The number of carbonyl (C=O) groups is 2. The number of nitrogens with one attached hydrogen (secondary N) is 3. The van der Waals surface area contributed by atoms with Gasteiger partial charge in [-0.15, -0.1) is 0 Å². The molecule has 4 rings (SSSR count). The van der Waals surface area contributed by atoms with Gasteiger partial charge in [0, 0.05) is 47.4 Å². The molecule has 5 N–H and O–H groups in total. The largest absolute Gasteiger partial charge is 0.350 e. The van der Waals surface area contributed by atoms with Crippen molar-refractivity contribution in [3.05, 3.63) is 40.3 Å². The van der Waals surface area contributed by atoms with Gasteiger partial charge in [-0.25, -0.2) is 0 Å². The summed E-state index contributed by atoms with van der Waals surface area (Å²) >= 11 is 12.9. The Morgan fingerprint density at radius 3 is 2.82 bits per heavy atom. The van der Waals surface area contributed by atoms with E-state index in [0.717, 1.165) is 59.8 Å². The van der Waals surface area contributed by atoms with Crippen LogP contribution in [-0.4, -0.2) is 45.7 Å². The Labute approximate surface area is 202 Å². The Kier molecular flexibility index (Phi) is 7.57. The summed E-state index contributed by atoms with van der Waals surface area (Å²) in [6.07, 6.45) is 8.22. The lowest BCUT2D eigenvalue weighted by molar-refractivity contribution is -0.126. The highest BCUT2D eigenvalue weighted by atomic mass is 35.5. The zero-order valence-corrected chi connectivity index (χ0v) is 19.8. The first kappa shape index (κ1) is 23.6. The number of aromatic nitrogens is 3. The molecule has 0 saturated carbocycles. The molecule has 0 bridgehead atoms. The van der Waals surface area contributed by atoms with E-state index >= 15 is 0 Å². The van der Waals surface area contributed by atoms with E-state index in [1.54, 1.807) is 12.3 Å². The number of amides is 2. The first-order chi connectivity index (χ1) is 16.0. The SMILES string of the molecule is NCCCCCC(=O)NCC(=O)NC1CCc2c(-c3cn[nH]c3)c3ccc(Cl)c(Cl)c3n2C1. The van der Waals surface area contributed by atoms with Gasteiger partial charge in [-0.3, -0.25) is 14.7 Å². The third-order valence-corrected chi connectivity index (χ3v) is 6.86.